The molecule has 1 amide bonds. The average Bonchev–Trinajstić information content (AvgIpc) is 2.36. The van der Waals surface area contributed by atoms with Gasteiger partial charge in [-0.05, 0) is 25.0 Å². The normalized spacial score (nSPS) is 10.3. The molecule has 0 unspecified atom stereocenters. The van der Waals surface area contributed by atoms with Crippen LogP contribution in [0.1, 0.15) is 36.2 Å². The van der Waals surface area contributed by atoms with E-state index < -0.39 is 0 Å². The summed E-state index contributed by atoms with van der Waals surface area (Å²) in [5.74, 6) is -0.121. The second-order valence-corrected chi connectivity index (χ2v) is 4.95. The van der Waals surface area contributed by atoms with Crippen LogP contribution in [0, 0.1) is 12.8 Å². The molecule has 0 atom stereocenters. The van der Waals surface area contributed by atoms with Crippen LogP contribution in [0.3, 0.4) is 0 Å². The first-order valence-corrected chi connectivity index (χ1v) is 6.49. The Morgan fingerprint density at radius 2 is 2.05 bits per heavy atom. The molecule has 4 heteroatoms. The highest BCUT2D eigenvalue weighted by Crippen LogP contribution is 2.03. The van der Waals surface area contributed by atoms with Crippen LogP contribution in [0.2, 0.25) is 0 Å². The van der Waals surface area contributed by atoms with Crippen molar-refractivity contribution in [2.75, 3.05) is 13.2 Å². The summed E-state index contributed by atoms with van der Waals surface area (Å²) in [6.45, 7) is 6.61. The van der Waals surface area contributed by atoms with Crippen LogP contribution < -0.4 is 5.32 Å². The summed E-state index contributed by atoms with van der Waals surface area (Å²) < 4.78 is 5.02. The van der Waals surface area contributed by atoms with Crippen molar-refractivity contribution in [1.29, 1.82) is 0 Å². The lowest BCUT2D eigenvalue weighted by molar-refractivity contribution is -0.144. The Hall–Kier alpha value is -1.84. The predicted octanol–water partition coefficient (Wildman–Crippen LogP) is 2.31. The van der Waals surface area contributed by atoms with Crippen LogP contribution in [0.5, 0.6) is 0 Å². The molecule has 0 fully saturated rings. The van der Waals surface area contributed by atoms with Crippen molar-refractivity contribution in [3.8, 4) is 0 Å². The molecular formula is C15H21NO3. The number of hydrogen-bond acceptors (Lipinski definition) is 3. The maximum atomic E-state index is 11.8. The number of esters is 1. The Balaban J connectivity index is 2.29. The van der Waals surface area contributed by atoms with Gasteiger partial charge < -0.3 is 10.1 Å². The maximum absolute atomic E-state index is 11.8. The lowest BCUT2D eigenvalue weighted by Gasteiger charge is -2.08. The van der Waals surface area contributed by atoms with Gasteiger partial charge in [-0.3, -0.25) is 9.59 Å². The smallest absolute Gasteiger partial charge is 0.307 e. The van der Waals surface area contributed by atoms with Crippen LogP contribution in [0.4, 0.5) is 0 Å². The highest BCUT2D eigenvalue weighted by molar-refractivity contribution is 5.94. The van der Waals surface area contributed by atoms with Gasteiger partial charge in [0.2, 0.25) is 0 Å². The highest BCUT2D eigenvalue weighted by atomic mass is 16.5. The molecule has 0 heterocycles. The Labute approximate surface area is 114 Å². The minimum Gasteiger partial charge on any atom is -0.465 e. The Morgan fingerprint density at radius 3 is 2.68 bits per heavy atom. The molecule has 1 N–H and O–H groups in total. The fourth-order valence-corrected chi connectivity index (χ4v) is 1.50. The predicted molar refractivity (Wildman–Crippen MR) is 73.9 cm³/mol. The third kappa shape index (κ3) is 6.04. The number of hydrogen-bond donors (Lipinski definition) is 1. The van der Waals surface area contributed by atoms with E-state index in [9.17, 15) is 9.59 Å². The molecule has 1 aromatic rings. The van der Waals surface area contributed by atoms with Gasteiger partial charge in [0.1, 0.15) is 0 Å². The van der Waals surface area contributed by atoms with Gasteiger partial charge in [-0.1, -0.05) is 31.5 Å². The minimum atomic E-state index is -0.279. The summed E-state index contributed by atoms with van der Waals surface area (Å²) in [5, 5.41) is 2.70. The topological polar surface area (TPSA) is 55.4 Å². The molecule has 0 radical (unpaired) electrons. The molecular weight excluding hydrogens is 242 g/mol. The average molecular weight is 263 g/mol. The second kappa shape index (κ2) is 7.56. The molecule has 1 aromatic carbocycles. The van der Waals surface area contributed by atoms with Crippen molar-refractivity contribution >= 4 is 11.9 Å². The monoisotopic (exact) mass is 263 g/mol. The third-order valence-electron chi connectivity index (χ3n) is 2.47. The number of benzene rings is 1. The van der Waals surface area contributed by atoms with Crippen molar-refractivity contribution in [3.05, 3.63) is 35.4 Å². The zero-order valence-electron chi connectivity index (χ0n) is 11.7. The standard InChI is InChI=1S/C15H21NO3/c1-11(2)10-19-14(17)7-8-16-15(18)13-6-4-5-12(3)9-13/h4-6,9,11H,7-8,10H2,1-3H3,(H,16,18). The van der Waals surface area contributed by atoms with E-state index in [1.165, 1.54) is 0 Å². The first-order valence-electron chi connectivity index (χ1n) is 6.49. The van der Waals surface area contributed by atoms with Crippen LogP contribution in [-0.2, 0) is 9.53 Å². The molecule has 104 valence electrons. The van der Waals surface area contributed by atoms with Crippen molar-refractivity contribution in [1.82, 2.24) is 5.32 Å². The van der Waals surface area contributed by atoms with Gasteiger partial charge in [-0.25, -0.2) is 0 Å². The molecule has 0 aliphatic rings. The largest absolute Gasteiger partial charge is 0.465 e. The van der Waals surface area contributed by atoms with Crippen LogP contribution in [-0.4, -0.2) is 25.0 Å². The van der Waals surface area contributed by atoms with Gasteiger partial charge in [0.15, 0.2) is 0 Å². The van der Waals surface area contributed by atoms with E-state index in [-0.39, 0.29) is 18.3 Å². The number of nitrogens with one attached hydrogen (secondary N) is 1. The molecule has 4 nitrogen and oxygen atoms in total. The first kappa shape index (κ1) is 15.2. The van der Waals surface area contributed by atoms with Crippen LogP contribution in [0.25, 0.3) is 0 Å². The van der Waals surface area contributed by atoms with Gasteiger partial charge in [0.25, 0.3) is 5.91 Å². The fourth-order valence-electron chi connectivity index (χ4n) is 1.50. The fraction of sp³-hybridized carbons (Fsp3) is 0.467. The molecule has 0 aliphatic heterocycles. The summed E-state index contributed by atoms with van der Waals surface area (Å²) in [4.78, 5) is 23.1. The lowest BCUT2D eigenvalue weighted by Crippen LogP contribution is -2.26. The van der Waals surface area contributed by atoms with E-state index in [4.69, 9.17) is 4.74 Å². The van der Waals surface area contributed by atoms with Crippen molar-refractivity contribution in [2.24, 2.45) is 5.92 Å². The molecule has 19 heavy (non-hydrogen) atoms. The number of carbonyl (C=O) groups is 2. The number of rotatable bonds is 6. The van der Waals surface area contributed by atoms with Gasteiger partial charge in [-0.15, -0.1) is 0 Å². The van der Waals surface area contributed by atoms with Crippen LogP contribution in [0.15, 0.2) is 24.3 Å². The van der Waals surface area contributed by atoms with E-state index in [1.807, 2.05) is 39.0 Å². The number of ether oxygens (including phenoxy) is 1. The molecule has 0 bridgehead atoms. The zero-order valence-corrected chi connectivity index (χ0v) is 11.7. The van der Waals surface area contributed by atoms with E-state index in [1.54, 1.807) is 6.07 Å². The van der Waals surface area contributed by atoms with Gasteiger partial charge >= 0.3 is 5.97 Å². The van der Waals surface area contributed by atoms with Gasteiger partial charge in [-0.2, -0.15) is 0 Å². The molecule has 0 aromatic heterocycles. The van der Waals surface area contributed by atoms with E-state index in [0.717, 1.165) is 5.56 Å². The molecule has 0 saturated carbocycles. The molecule has 0 saturated heterocycles. The Kier molecular flexibility index (Phi) is 6.06. The lowest BCUT2D eigenvalue weighted by atomic mass is 10.1. The van der Waals surface area contributed by atoms with Gasteiger partial charge in [0.05, 0.1) is 13.0 Å². The van der Waals surface area contributed by atoms with Crippen LogP contribution >= 0.6 is 0 Å². The maximum Gasteiger partial charge on any atom is 0.307 e. The number of carbonyl (C=O) groups excluding carboxylic acids is 2. The SMILES string of the molecule is Cc1cccc(C(=O)NCCC(=O)OCC(C)C)c1. The van der Waals surface area contributed by atoms with E-state index in [0.29, 0.717) is 24.6 Å². The molecule has 0 aliphatic carbocycles. The summed E-state index contributed by atoms with van der Waals surface area (Å²) >= 11 is 0. The second-order valence-electron chi connectivity index (χ2n) is 4.95. The zero-order chi connectivity index (χ0) is 14.3. The summed E-state index contributed by atoms with van der Waals surface area (Å²) in [6.07, 6.45) is 0.199. The van der Waals surface area contributed by atoms with Gasteiger partial charge in [0, 0.05) is 12.1 Å². The van der Waals surface area contributed by atoms with E-state index >= 15 is 0 Å². The Morgan fingerprint density at radius 1 is 1.32 bits per heavy atom. The third-order valence-corrected chi connectivity index (χ3v) is 2.47. The summed E-state index contributed by atoms with van der Waals surface area (Å²) in [6, 6.07) is 7.33. The van der Waals surface area contributed by atoms with Crippen molar-refractivity contribution < 1.29 is 14.3 Å². The molecule has 0 spiro atoms. The summed E-state index contributed by atoms with van der Waals surface area (Å²) in [7, 11) is 0. The summed E-state index contributed by atoms with van der Waals surface area (Å²) in [5.41, 5.74) is 1.64. The highest BCUT2D eigenvalue weighted by Gasteiger charge is 2.07. The first-order chi connectivity index (χ1) is 8.99. The Bertz CT molecular complexity index is 441. The van der Waals surface area contributed by atoms with E-state index in [2.05, 4.69) is 5.32 Å². The minimum absolute atomic E-state index is 0.166. The molecule has 1 rings (SSSR count). The van der Waals surface area contributed by atoms with Crippen molar-refractivity contribution in [3.63, 3.8) is 0 Å². The quantitative estimate of drug-likeness (QED) is 0.801. The number of amides is 1. The number of aryl methyl sites for hydroxylation is 1. The van der Waals surface area contributed by atoms with Crippen molar-refractivity contribution in [2.45, 2.75) is 27.2 Å².